The first-order valence-electron chi connectivity index (χ1n) is 10.7. The van der Waals surface area contributed by atoms with Crippen molar-refractivity contribution in [2.75, 3.05) is 32.1 Å². The molecule has 0 aromatic heterocycles. The summed E-state index contributed by atoms with van der Waals surface area (Å²) in [4.78, 5) is 25.0. The van der Waals surface area contributed by atoms with Crippen LogP contribution in [0.1, 0.15) is 57.8 Å². The summed E-state index contributed by atoms with van der Waals surface area (Å²) in [5.41, 5.74) is 2.28. The molecule has 172 valence electrons. The number of rotatable bonds is 16. The molecule has 0 spiro atoms. The van der Waals surface area contributed by atoms with E-state index < -0.39 is 0 Å². The van der Waals surface area contributed by atoms with E-state index in [0.29, 0.717) is 42.5 Å². The Kier molecular flexibility index (Phi) is 14.2. The van der Waals surface area contributed by atoms with Gasteiger partial charge >= 0.3 is 0 Å². The maximum Gasteiger partial charge on any atom is 0.243 e. The zero-order valence-electron chi connectivity index (χ0n) is 18.3. The van der Waals surface area contributed by atoms with Gasteiger partial charge in [-0.25, -0.2) is 5.48 Å². The fourth-order valence-corrected chi connectivity index (χ4v) is 3.24. The second-order valence-corrected chi connectivity index (χ2v) is 7.90. The van der Waals surface area contributed by atoms with Gasteiger partial charge in [0.15, 0.2) is 0 Å². The molecule has 0 atom stereocenters. The summed E-state index contributed by atoms with van der Waals surface area (Å²) in [5.74, 6) is 2.80. The fourth-order valence-electron chi connectivity index (χ4n) is 3.00. The lowest BCUT2D eigenvalue weighted by Gasteiger charge is -2.14. The number of terminal acetylenes is 1. The van der Waals surface area contributed by atoms with Crippen molar-refractivity contribution in [3.05, 3.63) is 23.2 Å². The lowest BCUT2D eigenvalue weighted by molar-refractivity contribution is -0.129. The normalized spacial score (nSPS) is 10.5. The van der Waals surface area contributed by atoms with Crippen LogP contribution in [0.4, 0.5) is 5.69 Å². The lowest BCUT2D eigenvalue weighted by atomic mass is 10.1. The van der Waals surface area contributed by atoms with Crippen molar-refractivity contribution < 1.29 is 19.5 Å². The van der Waals surface area contributed by atoms with E-state index in [1.165, 1.54) is 0 Å². The molecule has 7 nitrogen and oxygen atoms in total. The number of benzene rings is 1. The highest BCUT2D eigenvalue weighted by Gasteiger charge is 2.07. The molecule has 0 unspecified atom stereocenters. The summed E-state index contributed by atoms with van der Waals surface area (Å²) >= 11 is 6.27. The van der Waals surface area contributed by atoms with Gasteiger partial charge in [-0.3, -0.25) is 19.7 Å². The quantitative estimate of drug-likeness (QED) is 0.151. The molecule has 3 N–H and O–H groups in total. The van der Waals surface area contributed by atoms with E-state index in [-0.39, 0.29) is 11.8 Å². The molecule has 0 saturated carbocycles. The zero-order chi connectivity index (χ0) is 22.9. The monoisotopic (exact) mass is 451 g/mol. The highest BCUT2D eigenvalue weighted by molar-refractivity contribution is 6.32. The van der Waals surface area contributed by atoms with Crippen LogP contribution in [0.2, 0.25) is 5.02 Å². The Hall–Kier alpha value is -2.27. The first kappa shape index (κ1) is 26.8. The van der Waals surface area contributed by atoms with E-state index in [2.05, 4.69) is 11.2 Å². The Bertz CT molecular complexity index is 721. The van der Waals surface area contributed by atoms with Crippen LogP contribution >= 0.6 is 11.6 Å². The minimum absolute atomic E-state index is 0.0408. The van der Waals surface area contributed by atoms with E-state index in [1.807, 2.05) is 11.9 Å². The Morgan fingerprint density at radius 1 is 1.10 bits per heavy atom. The average molecular weight is 452 g/mol. The van der Waals surface area contributed by atoms with Crippen molar-refractivity contribution in [1.82, 2.24) is 10.4 Å². The minimum atomic E-state index is -0.347. The molecule has 0 radical (unpaired) electrons. The Balaban J connectivity index is 2.19. The highest BCUT2D eigenvalue weighted by atomic mass is 35.5. The number of carbonyl (C=O) groups is 2. The van der Waals surface area contributed by atoms with E-state index >= 15 is 0 Å². The minimum Gasteiger partial charge on any atom is -0.492 e. The van der Waals surface area contributed by atoms with Crippen molar-refractivity contribution in [3.63, 3.8) is 0 Å². The van der Waals surface area contributed by atoms with Gasteiger partial charge in [0.25, 0.3) is 0 Å². The maximum atomic E-state index is 12.1. The van der Waals surface area contributed by atoms with Crippen molar-refractivity contribution in [1.29, 1.82) is 0 Å². The largest absolute Gasteiger partial charge is 0.492 e. The van der Waals surface area contributed by atoms with Gasteiger partial charge in [0.2, 0.25) is 11.8 Å². The molecule has 0 heterocycles. The molecule has 0 fully saturated rings. The number of unbranched alkanes of at least 4 members (excludes halogenated alkanes) is 5. The van der Waals surface area contributed by atoms with Crippen LogP contribution in [0.25, 0.3) is 0 Å². The number of anilines is 1. The molecular formula is C23H34ClN3O4. The number of amides is 2. The standard InChI is InChI=1S/C23H34ClN3O4/c1-3-15-27(2)16-10-17-31-21-14-13-19(18-20(21)24)25-22(28)11-8-6-4-5-7-9-12-23(29)26-30/h1,13-14,18,30H,4-12,15-17H2,2H3,(H,25,28)(H,26,29). The first-order valence-corrected chi connectivity index (χ1v) is 11.1. The van der Waals surface area contributed by atoms with Gasteiger partial charge in [0, 0.05) is 25.1 Å². The number of carbonyl (C=O) groups excluding carboxylic acids is 2. The topological polar surface area (TPSA) is 90.9 Å². The van der Waals surface area contributed by atoms with Gasteiger partial charge in [0.05, 0.1) is 18.2 Å². The SMILES string of the molecule is C#CCN(C)CCCOc1ccc(NC(=O)CCCCCCCCC(=O)NO)cc1Cl. The third-order valence-corrected chi connectivity index (χ3v) is 5.00. The fraction of sp³-hybridized carbons (Fsp3) is 0.565. The summed E-state index contributed by atoms with van der Waals surface area (Å²) < 4.78 is 5.71. The molecule has 31 heavy (non-hydrogen) atoms. The summed E-state index contributed by atoms with van der Waals surface area (Å²) in [6.45, 7) is 1.99. The molecule has 0 bridgehead atoms. The molecule has 1 rings (SSSR count). The van der Waals surface area contributed by atoms with Crippen LogP contribution in [0.5, 0.6) is 5.75 Å². The molecular weight excluding hydrogens is 418 g/mol. The molecule has 1 aromatic carbocycles. The number of nitrogens with one attached hydrogen (secondary N) is 2. The van der Waals surface area contributed by atoms with Gasteiger partial charge < -0.3 is 10.1 Å². The molecule has 0 aliphatic heterocycles. The van der Waals surface area contributed by atoms with Crippen LogP contribution in [-0.4, -0.2) is 48.7 Å². The van der Waals surface area contributed by atoms with E-state index in [4.69, 9.17) is 28.0 Å². The number of halogens is 1. The molecule has 1 aromatic rings. The van der Waals surface area contributed by atoms with Crippen LogP contribution < -0.4 is 15.5 Å². The van der Waals surface area contributed by atoms with E-state index in [0.717, 1.165) is 51.5 Å². The van der Waals surface area contributed by atoms with Crippen molar-refractivity contribution in [2.24, 2.45) is 0 Å². The number of hydrogen-bond acceptors (Lipinski definition) is 5. The Morgan fingerprint density at radius 3 is 2.35 bits per heavy atom. The summed E-state index contributed by atoms with van der Waals surface area (Å²) in [6.07, 6.45) is 12.4. The van der Waals surface area contributed by atoms with Gasteiger partial charge in [-0.1, -0.05) is 43.2 Å². The first-order chi connectivity index (χ1) is 15.0. The number of hydrogen-bond donors (Lipinski definition) is 3. The molecule has 0 saturated heterocycles. The van der Waals surface area contributed by atoms with Crippen LogP contribution in [0, 0.1) is 12.3 Å². The van der Waals surface area contributed by atoms with E-state index in [9.17, 15) is 9.59 Å². The van der Waals surface area contributed by atoms with Crippen LogP contribution in [0.15, 0.2) is 18.2 Å². The Morgan fingerprint density at radius 2 is 1.74 bits per heavy atom. The predicted octanol–water partition coefficient (Wildman–Crippen LogP) is 4.24. The predicted molar refractivity (Wildman–Crippen MR) is 123 cm³/mol. The number of hydroxylamine groups is 1. The van der Waals surface area contributed by atoms with Crippen molar-refractivity contribution in [2.45, 2.75) is 57.8 Å². The second kappa shape index (κ2) is 16.4. The van der Waals surface area contributed by atoms with Gasteiger partial charge in [-0.2, -0.15) is 0 Å². The lowest BCUT2D eigenvalue weighted by Crippen LogP contribution is -2.21. The number of nitrogens with zero attached hydrogens (tertiary/aromatic N) is 1. The summed E-state index contributed by atoms with van der Waals surface area (Å²) in [5, 5.41) is 11.7. The third kappa shape index (κ3) is 12.9. The Labute approximate surface area is 190 Å². The maximum absolute atomic E-state index is 12.1. The van der Waals surface area contributed by atoms with Gasteiger partial charge in [0.1, 0.15) is 5.75 Å². The number of ether oxygens (including phenoxy) is 1. The van der Waals surface area contributed by atoms with Crippen molar-refractivity contribution >= 4 is 29.1 Å². The molecule has 0 aliphatic carbocycles. The zero-order valence-corrected chi connectivity index (χ0v) is 19.0. The van der Waals surface area contributed by atoms with Crippen LogP contribution in [-0.2, 0) is 9.59 Å². The smallest absolute Gasteiger partial charge is 0.243 e. The van der Waals surface area contributed by atoms with Crippen LogP contribution in [0.3, 0.4) is 0 Å². The molecule has 8 heteroatoms. The molecule has 0 aliphatic rings. The summed E-state index contributed by atoms with van der Waals surface area (Å²) in [6, 6.07) is 5.24. The highest BCUT2D eigenvalue weighted by Crippen LogP contribution is 2.28. The van der Waals surface area contributed by atoms with Crippen molar-refractivity contribution in [3.8, 4) is 18.1 Å². The second-order valence-electron chi connectivity index (χ2n) is 7.49. The third-order valence-electron chi connectivity index (χ3n) is 4.70. The average Bonchev–Trinajstić information content (AvgIpc) is 2.74. The molecule has 2 amide bonds. The van der Waals surface area contributed by atoms with Gasteiger partial charge in [-0.05, 0) is 44.5 Å². The van der Waals surface area contributed by atoms with Gasteiger partial charge in [-0.15, -0.1) is 6.42 Å². The van der Waals surface area contributed by atoms with E-state index in [1.54, 1.807) is 23.7 Å². The summed E-state index contributed by atoms with van der Waals surface area (Å²) in [7, 11) is 1.96.